The first kappa shape index (κ1) is 21.1. The van der Waals surface area contributed by atoms with E-state index in [0.29, 0.717) is 5.17 Å². The van der Waals surface area contributed by atoms with E-state index in [-0.39, 0.29) is 6.61 Å². The Hall–Kier alpha value is -2.59. The molecule has 29 heavy (non-hydrogen) atoms. The van der Waals surface area contributed by atoms with Gasteiger partial charge < -0.3 is 24.3 Å². The maximum absolute atomic E-state index is 11.7. The van der Waals surface area contributed by atoms with Crippen LogP contribution in [0.5, 0.6) is 0 Å². The van der Waals surface area contributed by atoms with E-state index in [1.807, 2.05) is 30.3 Å². The van der Waals surface area contributed by atoms with E-state index < -0.39 is 47.7 Å². The minimum Gasteiger partial charge on any atom is -0.463 e. The Morgan fingerprint density at radius 2 is 1.69 bits per heavy atom. The van der Waals surface area contributed by atoms with Crippen LogP contribution in [0.3, 0.4) is 0 Å². The van der Waals surface area contributed by atoms with E-state index in [2.05, 4.69) is 10.3 Å². The Bertz CT molecular complexity index is 801. The van der Waals surface area contributed by atoms with Crippen molar-refractivity contribution < 1.29 is 33.3 Å². The second-order valence-corrected chi connectivity index (χ2v) is 7.61. The number of ether oxygens (including phenoxy) is 4. The normalized spacial score (nSPS) is 28.0. The van der Waals surface area contributed by atoms with Crippen LogP contribution in [0.15, 0.2) is 35.3 Å². The molecule has 1 fully saturated rings. The summed E-state index contributed by atoms with van der Waals surface area (Å²) in [4.78, 5) is 39.2. The molecule has 3 rings (SSSR count). The van der Waals surface area contributed by atoms with Gasteiger partial charge in [-0.25, -0.2) is 0 Å². The van der Waals surface area contributed by atoms with Gasteiger partial charge in [0, 0.05) is 26.5 Å². The third-order valence-corrected chi connectivity index (χ3v) is 5.24. The van der Waals surface area contributed by atoms with Crippen molar-refractivity contribution in [2.45, 2.75) is 50.6 Å². The zero-order chi connectivity index (χ0) is 21.0. The molecule has 1 aromatic carbocycles. The van der Waals surface area contributed by atoms with Crippen LogP contribution in [0, 0.1) is 0 Å². The van der Waals surface area contributed by atoms with Gasteiger partial charge in [-0.05, 0) is 12.1 Å². The van der Waals surface area contributed by atoms with Crippen molar-refractivity contribution in [2.24, 2.45) is 4.99 Å². The number of fused-ring (bicyclic) bond motifs is 1. The van der Waals surface area contributed by atoms with E-state index in [4.69, 9.17) is 18.9 Å². The quantitative estimate of drug-likeness (QED) is 0.560. The number of hydrogen-bond donors (Lipinski definition) is 1. The van der Waals surface area contributed by atoms with Crippen LogP contribution in [0.25, 0.3) is 0 Å². The zero-order valence-electron chi connectivity index (χ0n) is 16.2. The number of aliphatic imine (C=N–C) groups is 1. The first-order valence-corrected chi connectivity index (χ1v) is 9.91. The smallest absolute Gasteiger partial charge is 0.303 e. The molecule has 156 valence electrons. The van der Waals surface area contributed by atoms with Crippen LogP contribution in [-0.4, -0.2) is 59.5 Å². The second-order valence-electron chi connectivity index (χ2n) is 6.53. The molecule has 0 aliphatic carbocycles. The number of anilines is 1. The molecule has 2 aliphatic heterocycles. The molecule has 1 saturated heterocycles. The molecule has 2 unspecified atom stereocenters. The van der Waals surface area contributed by atoms with Crippen LogP contribution in [0.1, 0.15) is 20.8 Å². The molecule has 0 radical (unpaired) electrons. The third-order valence-electron chi connectivity index (χ3n) is 4.19. The highest BCUT2D eigenvalue weighted by molar-refractivity contribution is 8.14. The van der Waals surface area contributed by atoms with Gasteiger partial charge in [0.2, 0.25) is 0 Å². The number of nitrogens with one attached hydrogen (secondary N) is 1. The zero-order valence-corrected chi connectivity index (χ0v) is 17.0. The average molecular weight is 422 g/mol. The lowest BCUT2D eigenvalue weighted by atomic mass is 9.98. The van der Waals surface area contributed by atoms with Crippen molar-refractivity contribution in [1.82, 2.24) is 0 Å². The number of hydrogen-bond acceptors (Lipinski definition) is 10. The van der Waals surface area contributed by atoms with Gasteiger partial charge in [0.25, 0.3) is 0 Å². The van der Waals surface area contributed by atoms with E-state index in [0.717, 1.165) is 5.69 Å². The SMILES string of the molecule is CC(=O)OC[C@H]1OC2SC(Nc3ccccc3)=NC2[C@@H](OC(C)=O)[C@@H]1OC(C)=O. The predicted octanol–water partition coefficient (Wildman–Crippen LogP) is 1.72. The van der Waals surface area contributed by atoms with E-state index in [9.17, 15) is 14.4 Å². The van der Waals surface area contributed by atoms with E-state index in [1.165, 1.54) is 32.5 Å². The van der Waals surface area contributed by atoms with Crippen LogP contribution < -0.4 is 5.32 Å². The molecular formula is C19H22N2O7S. The van der Waals surface area contributed by atoms with Crippen LogP contribution in [-0.2, 0) is 33.3 Å². The van der Waals surface area contributed by atoms with Crippen molar-refractivity contribution in [3.63, 3.8) is 0 Å². The van der Waals surface area contributed by atoms with Gasteiger partial charge in [0.1, 0.15) is 24.2 Å². The van der Waals surface area contributed by atoms with Gasteiger partial charge in [0.15, 0.2) is 17.4 Å². The van der Waals surface area contributed by atoms with Crippen LogP contribution >= 0.6 is 11.8 Å². The highest BCUT2D eigenvalue weighted by Gasteiger charge is 2.53. The second kappa shape index (κ2) is 9.27. The predicted molar refractivity (Wildman–Crippen MR) is 105 cm³/mol. The lowest BCUT2D eigenvalue weighted by Gasteiger charge is -2.41. The fourth-order valence-electron chi connectivity index (χ4n) is 3.10. The number of carbonyl (C=O) groups excluding carboxylic acids is 3. The van der Waals surface area contributed by atoms with Crippen molar-refractivity contribution >= 4 is 40.5 Å². The Morgan fingerprint density at radius 3 is 2.31 bits per heavy atom. The lowest BCUT2D eigenvalue weighted by Crippen LogP contribution is -2.59. The van der Waals surface area contributed by atoms with Crippen molar-refractivity contribution in [3.8, 4) is 0 Å². The minimum absolute atomic E-state index is 0.143. The molecule has 1 aromatic rings. The molecule has 2 heterocycles. The summed E-state index contributed by atoms with van der Waals surface area (Å²) in [6, 6.07) is 8.87. The summed E-state index contributed by atoms with van der Waals surface area (Å²) in [5, 5.41) is 3.77. The summed E-state index contributed by atoms with van der Waals surface area (Å²) in [6.07, 6.45) is -2.64. The highest BCUT2D eigenvalue weighted by Crippen LogP contribution is 2.39. The Morgan fingerprint density at radius 1 is 1.03 bits per heavy atom. The minimum atomic E-state index is -0.961. The summed E-state index contributed by atoms with van der Waals surface area (Å²) in [7, 11) is 0. The fourth-order valence-corrected chi connectivity index (χ4v) is 4.23. The molecule has 5 atom stereocenters. The first-order chi connectivity index (χ1) is 13.8. The van der Waals surface area contributed by atoms with Gasteiger partial charge in [-0.15, -0.1) is 0 Å². The first-order valence-electron chi connectivity index (χ1n) is 9.03. The van der Waals surface area contributed by atoms with Crippen LogP contribution in [0.4, 0.5) is 5.69 Å². The number of carbonyl (C=O) groups is 3. The molecule has 0 bridgehead atoms. The third kappa shape index (κ3) is 5.48. The summed E-state index contributed by atoms with van der Waals surface area (Å²) < 4.78 is 21.9. The van der Waals surface area contributed by atoms with Crippen molar-refractivity contribution in [3.05, 3.63) is 30.3 Å². The number of esters is 3. The number of nitrogens with zero attached hydrogens (tertiary/aromatic N) is 1. The molecule has 1 N–H and O–H groups in total. The van der Waals surface area contributed by atoms with Gasteiger partial charge >= 0.3 is 17.9 Å². The largest absolute Gasteiger partial charge is 0.463 e. The Labute approximate surface area is 172 Å². The molecular weight excluding hydrogens is 400 g/mol. The average Bonchev–Trinajstić information content (AvgIpc) is 3.04. The Balaban J connectivity index is 1.84. The van der Waals surface area contributed by atoms with E-state index >= 15 is 0 Å². The number of para-hydroxylation sites is 1. The molecule has 0 saturated carbocycles. The maximum Gasteiger partial charge on any atom is 0.303 e. The fraction of sp³-hybridized carbons (Fsp3) is 0.474. The van der Waals surface area contributed by atoms with Gasteiger partial charge in [-0.2, -0.15) is 0 Å². The number of benzene rings is 1. The molecule has 0 amide bonds. The van der Waals surface area contributed by atoms with Gasteiger partial charge in [-0.1, -0.05) is 30.0 Å². The monoisotopic (exact) mass is 422 g/mol. The van der Waals surface area contributed by atoms with E-state index in [1.54, 1.807) is 0 Å². The summed E-state index contributed by atoms with van der Waals surface area (Å²) in [6.45, 7) is 3.64. The standard InChI is InChI=1S/C19H22N2O7S/c1-10(22)25-9-14-16(26-11(2)23)17(27-12(3)24)15-18(28-14)29-19(21-15)20-13-7-5-4-6-8-13/h4-8,14-18H,9H2,1-3H3,(H,20,21)/t14-,15?,16-,17-,18?/m1/s1. The van der Waals surface area contributed by atoms with Gasteiger partial charge in [0.05, 0.1) is 0 Å². The number of amidine groups is 1. The topological polar surface area (TPSA) is 113 Å². The van der Waals surface area contributed by atoms with Crippen LogP contribution in [0.2, 0.25) is 0 Å². The number of thioether (sulfide) groups is 1. The summed E-state index contributed by atoms with van der Waals surface area (Å²) >= 11 is 1.32. The summed E-state index contributed by atoms with van der Waals surface area (Å²) in [5.41, 5.74) is 0.340. The van der Waals surface area contributed by atoms with Gasteiger partial charge in [-0.3, -0.25) is 19.4 Å². The highest BCUT2D eigenvalue weighted by atomic mass is 32.2. The molecule has 10 heteroatoms. The molecule has 9 nitrogen and oxygen atoms in total. The maximum atomic E-state index is 11.7. The lowest BCUT2D eigenvalue weighted by molar-refractivity contribution is -0.208. The van der Waals surface area contributed by atoms with Crippen molar-refractivity contribution in [2.75, 3.05) is 11.9 Å². The molecule has 0 spiro atoms. The molecule has 0 aromatic heterocycles. The number of rotatable bonds is 5. The van der Waals surface area contributed by atoms with Crippen molar-refractivity contribution in [1.29, 1.82) is 0 Å². The molecule has 2 aliphatic rings. The Kier molecular flexibility index (Phi) is 6.75. The summed E-state index contributed by atoms with van der Waals surface area (Å²) in [5.74, 6) is -1.61.